The molecule has 3 atom stereocenters. The van der Waals surface area contributed by atoms with Gasteiger partial charge in [-0.15, -0.1) is 0 Å². The summed E-state index contributed by atoms with van der Waals surface area (Å²) in [4.78, 5) is 11.5. The number of nitrogens with two attached hydrogens (primary N) is 1. The molecule has 0 radical (unpaired) electrons. The highest BCUT2D eigenvalue weighted by atomic mass is 32.2. The molecule has 1 fully saturated rings. The van der Waals surface area contributed by atoms with Gasteiger partial charge in [-0.05, 0) is 26.2 Å². The van der Waals surface area contributed by atoms with Crippen LogP contribution in [-0.4, -0.2) is 37.9 Å². The predicted molar refractivity (Wildman–Crippen MR) is 58.1 cm³/mol. The first kappa shape index (κ1) is 12.4. The third-order valence-electron chi connectivity index (χ3n) is 2.91. The van der Waals surface area contributed by atoms with Gasteiger partial charge in [-0.3, -0.25) is 4.79 Å². The van der Waals surface area contributed by atoms with Gasteiger partial charge in [0.15, 0.2) is 9.84 Å². The third kappa shape index (κ3) is 3.17. The van der Waals surface area contributed by atoms with E-state index in [0.29, 0.717) is 0 Å². The lowest BCUT2D eigenvalue weighted by atomic mass is 10.2. The van der Waals surface area contributed by atoms with Crippen LogP contribution in [0.2, 0.25) is 0 Å². The minimum Gasteiger partial charge on any atom is -0.351 e. The first-order chi connectivity index (χ1) is 6.82. The highest BCUT2D eigenvalue weighted by Crippen LogP contribution is 2.17. The van der Waals surface area contributed by atoms with E-state index < -0.39 is 21.0 Å². The van der Waals surface area contributed by atoms with Gasteiger partial charge in [-0.25, -0.2) is 8.42 Å². The van der Waals surface area contributed by atoms with E-state index in [9.17, 15) is 13.2 Å². The van der Waals surface area contributed by atoms with Crippen molar-refractivity contribution in [2.75, 3.05) is 6.26 Å². The quantitative estimate of drug-likeness (QED) is 0.683. The minimum atomic E-state index is -3.31. The number of nitrogens with one attached hydrogen (secondary N) is 1. The summed E-state index contributed by atoms with van der Waals surface area (Å²) in [6, 6.07) is -0.109. The molecule has 0 aliphatic heterocycles. The summed E-state index contributed by atoms with van der Waals surface area (Å²) < 4.78 is 22.3. The Hall–Kier alpha value is -0.620. The molecule has 0 saturated heterocycles. The topological polar surface area (TPSA) is 89.3 Å². The van der Waals surface area contributed by atoms with E-state index in [-0.39, 0.29) is 12.1 Å². The SMILES string of the molecule is CC(C(=O)NC1CCCC1N)S(C)(=O)=O. The lowest BCUT2D eigenvalue weighted by Crippen LogP contribution is -2.48. The highest BCUT2D eigenvalue weighted by molar-refractivity contribution is 7.92. The Labute approximate surface area is 90.3 Å². The maximum Gasteiger partial charge on any atom is 0.238 e. The van der Waals surface area contributed by atoms with Gasteiger partial charge >= 0.3 is 0 Å². The van der Waals surface area contributed by atoms with Crippen LogP contribution < -0.4 is 11.1 Å². The molecule has 3 unspecified atom stereocenters. The van der Waals surface area contributed by atoms with Crippen LogP contribution in [0.5, 0.6) is 0 Å². The maximum absolute atomic E-state index is 11.5. The molecule has 1 saturated carbocycles. The number of hydrogen-bond donors (Lipinski definition) is 2. The van der Waals surface area contributed by atoms with E-state index >= 15 is 0 Å². The molecule has 0 aromatic heterocycles. The van der Waals surface area contributed by atoms with Gasteiger partial charge in [0.1, 0.15) is 5.25 Å². The highest BCUT2D eigenvalue weighted by Gasteiger charge is 2.30. The van der Waals surface area contributed by atoms with E-state index in [2.05, 4.69) is 5.32 Å². The fourth-order valence-corrected chi connectivity index (χ4v) is 2.12. The smallest absolute Gasteiger partial charge is 0.238 e. The number of hydrogen-bond acceptors (Lipinski definition) is 4. The molecular weight excluding hydrogens is 216 g/mol. The first-order valence-corrected chi connectivity index (χ1v) is 7.02. The van der Waals surface area contributed by atoms with E-state index in [1.807, 2.05) is 0 Å². The molecule has 3 N–H and O–H groups in total. The number of carbonyl (C=O) groups excluding carboxylic acids is 1. The van der Waals surface area contributed by atoms with Crippen molar-refractivity contribution in [1.82, 2.24) is 5.32 Å². The second-order valence-corrected chi connectivity index (χ2v) is 6.55. The Bertz CT molecular complexity index is 339. The summed E-state index contributed by atoms with van der Waals surface area (Å²) in [5, 5.41) is 1.70. The van der Waals surface area contributed by atoms with Crippen molar-refractivity contribution in [3.05, 3.63) is 0 Å². The van der Waals surface area contributed by atoms with Gasteiger partial charge in [0.2, 0.25) is 5.91 Å². The Morgan fingerprint density at radius 2 is 2.07 bits per heavy atom. The molecule has 0 aromatic carbocycles. The third-order valence-corrected chi connectivity index (χ3v) is 4.41. The van der Waals surface area contributed by atoms with E-state index in [1.54, 1.807) is 0 Å². The maximum atomic E-state index is 11.5. The second-order valence-electron chi connectivity index (χ2n) is 4.18. The van der Waals surface area contributed by atoms with Crippen molar-refractivity contribution in [3.63, 3.8) is 0 Å². The fraction of sp³-hybridized carbons (Fsp3) is 0.889. The fourth-order valence-electron chi connectivity index (χ4n) is 1.66. The Kier molecular flexibility index (Phi) is 3.72. The predicted octanol–water partition coefficient (Wildman–Crippen LogP) is -0.584. The normalized spacial score (nSPS) is 28.7. The van der Waals surface area contributed by atoms with E-state index in [0.717, 1.165) is 25.5 Å². The van der Waals surface area contributed by atoms with Crippen molar-refractivity contribution in [3.8, 4) is 0 Å². The number of carbonyl (C=O) groups is 1. The molecule has 5 nitrogen and oxygen atoms in total. The largest absolute Gasteiger partial charge is 0.351 e. The average Bonchev–Trinajstić information content (AvgIpc) is 2.49. The lowest BCUT2D eigenvalue weighted by molar-refractivity contribution is -0.121. The van der Waals surface area contributed by atoms with E-state index in [4.69, 9.17) is 5.73 Å². The van der Waals surface area contributed by atoms with Crippen molar-refractivity contribution in [2.45, 2.75) is 43.5 Å². The Balaban J connectivity index is 2.56. The van der Waals surface area contributed by atoms with Gasteiger partial charge in [-0.1, -0.05) is 0 Å². The van der Waals surface area contributed by atoms with Crippen molar-refractivity contribution < 1.29 is 13.2 Å². The van der Waals surface area contributed by atoms with Crippen LogP contribution in [0.4, 0.5) is 0 Å². The molecule has 0 heterocycles. The standard InChI is InChI=1S/C9H18N2O3S/c1-6(15(2,13)14)9(12)11-8-5-3-4-7(8)10/h6-8H,3-5,10H2,1-2H3,(H,11,12). The van der Waals surface area contributed by atoms with Gasteiger partial charge in [0, 0.05) is 18.3 Å². The summed E-state index contributed by atoms with van der Waals surface area (Å²) in [6.07, 6.45) is 3.77. The van der Waals surface area contributed by atoms with Gasteiger partial charge in [0.05, 0.1) is 0 Å². The van der Waals surface area contributed by atoms with Crippen molar-refractivity contribution >= 4 is 15.7 Å². The van der Waals surface area contributed by atoms with Crippen LogP contribution in [-0.2, 0) is 14.6 Å². The van der Waals surface area contributed by atoms with Crippen LogP contribution in [0.1, 0.15) is 26.2 Å². The van der Waals surface area contributed by atoms with Gasteiger partial charge < -0.3 is 11.1 Å². The zero-order chi connectivity index (χ0) is 11.6. The van der Waals surface area contributed by atoms with Crippen LogP contribution in [0.15, 0.2) is 0 Å². The Morgan fingerprint density at radius 1 is 1.47 bits per heavy atom. The molecule has 1 rings (SSSR count). The molecule has 0 spiro atoms. The molecular formula is C9H18N2O3S. The minimum absolute atomic E-state index is 0.0410. The second kappa shape index (κ2) is 4.49. The summed E-state index contributed by atoms with van der Waals surface area (Å²) in [5.41, 5.74) is 5.77. The molecule has 6 heteroatoms. The lowest BCUT2D eigenvalue weighted by Gasteiger charge is -2.19. The molecule has 1 aliphatic carbocycles. The molecule has 1 amide bonds. The van der Waals surface area contributed by atoms with E-state index in [1.165, 1.54) is 6.92 Å². The summed E-state index contributed by atoms with van der Waals surface area (Å²) in [7, 11) is -3.31. The number of rotatable bonds is 3. The molecule has 0 bridgehead atoms. The zero-order valence-electron chi connectivity index (χ0n) is 9.06. The van der Waals surface area contributed by atoms with Crippen molar-refractivity contribution in [1.29, 1.82) is 0 Å². The van der Waals surface area contributed by atoms with Crippen LogP contribution >= 0.6 is 0 Å². The van der Waals surface area contributed by atoms with Crippen LogP contribution in [0, 0.1) is 0 Å². The van der Waals surface area contributed by atoms with Crippen molar-refractivity contribution in [2.24, 2.45) is 5.73 Å². The van der Waals surface area contributed by atoms with Crippen LogP contribution in [0.25, 0.3) is 0 Å². The molecule has 88 valence electrons. The average molecular weight is 234 g/mol. The zero-order valence-corrected chi connectivity index (χ0v) is 9.88. The molecule has 15 heavy (non-hydrogen) atoms. The number of amides is 1. The Morgan fingerprint density at radius 3 is 2.47 bits per heavy atom. The van der Waals surface area contributed by atoms with Gasteiger partial charge in [-0.2, -0.15) is 0 Å². The monoisotopic (exact) mass is 234 g/mol. The molecule has 0 aromatic rings. The summed E-state index contributed by atoms with van der Waals surface area (Å²) in [5.74, 6) is -0.445. The first-order valence-electron chi connectivity index (χ1n) is 5.07. The molecule has 1 aliphatic rings. The van der Waals surface area contributed by atoms with Crippen LogP contribution in [0.3, 0.4) is 0 Å². The summed E-state index contributed by atoms with van der Waals surface area (Å²) >= 11 is 0. The van der Waals surface area contributed by atoms with Gasteiger partial charge in [0.25, 0.3) is 0 Å². The summed E-state index contributed by atoms with van der Waals surface area (Å²) in [6.45, 7) is 1.39. The number of sulfone groups is 1.